The molecular weight excluding hydrogens is 233 g/mol. The zero-order valence-electron chi connectivity index (χ0n) is 8.90. The Labute approximate surface area is 96.0 Å². The largest absolute Gasteiger partial charge is 0.374 e. The van der Waals surface area contributed by atoms with E-state index in [1.54, 1.807) is 0 Å². The predicted molar refractivity (Wildman–Crippen MR) is 56.0 cm³/mol. The van der Waals surface area contributed by atoms with Gasteiger partial charge < -0.3 is 10.6 Å². The summed E-state index contributed by atoms with van der Waals surface area (Å²) in [6.45, 7) is -0.212. The second-order valence-corrected chi connectivity index (χ2v) is 3.94. The van der Waals surface area contributed by atoms with Gasteiger partial charge in [-0.1, -0.05) is 0 Å². The van der Waals surface area contributed by atoms with Crippen LogP contribution in [-0.4, -0.2) is 18.5 Å². The van der Waals surface area contributed by atoms with E-state index in [2.05, 4.69) is 10.6 Å². The Morgan fingerprint density at radius 3 is 2.65 bits per heavy atom. The van der Waals surface area contributed by atoms with E-state index in [-0.39, 0.29) is 24.2 Å². The quantitative estimate of drug-likeness (QED) is 0.793. The van der Waals surface area contributed by atoms with Gasteiger partial charge in [0.1, 0.15) is 5.82 Å². The van der Waals surface area contributed by atoms with Crippen molar-refractivity contribution in [1.82, 2.24) is 5.32 Å². The normalized spacial score (nSPS) is 14.5. The maximum absolute atomic E-state index is 13.2. The number of carbonyl (C=O) groups is 1. The second kappa shape index (κ2) is 4.65. The number of hydrogen-bond donors (Lipinski definition) is 2. The Kier molecular flexibility index (Phi) is 3.21. The lowest BCUT2D eigenvalue weighted by molar-refractivity contribution is -0.119. The standard InChI is InChI=1S/C11H11F3N2O/c12-6-3-8(13)11(14)9(4-6)15-5-10(17)16-7-1-2-7/h3-4,7,15H,1-2,5H2,(H,16,17). The van der Waals surface area contributed by atoms with E-state index in [0.29, 0.717) is 6.07 Å². The Morgan fingerprint density at radius 1 is 1.29 bits per heavy atom. The van der Waals surface area contributed by atoms with Crippen LogP contribution < -0.4 is 10.6 Å². The van der Waals surface area contributed by atoms with Crippen molar-refractivity contribution in [3.8, 4) is 0 Å². The average molecular weight is 244 g/mol. The van der Waals surface area contributed by atoms with E-state index >= 15 is 0 Å². The van der Waals surface area contributed by atoms with Gasteiger partial charge in [0.2, 0.25) is 5.91 Å². The van der Waals surface area contributed by atoms with Crippen molar-refractivity contribution < 1.29 is 18.0 Å². The van der Waals surface area contributed by atoms with E-state index in [1.165, 1.54) is 0 Å². The highest BCUT2D eigenvalue weighted by molar-refractivity contribution is 5.81. The van der Waals surface area contributed by atoms with Crippen LogP contribution in [0.2, 0.25) is 0 Å². The molecule has 0 unspecified atom stereocenters. The smallest absolute Gasteiger partial charge is 0.239 e. The third-order valence-corrected chi connectivity index (χ3v) is 2.37. The fraction of sp³-hybridized carbons (Fsp3) is 0.364. The molecule has 0 bridgehead atoms. The molecule has 0 aromatic heterocycles. The van der Waals surface area contributed by atoms with Gasteiger partial charge in [0.15, 0.2) is 11.6 Å². The minimum atomic E-state index is -1.28. The van der Waals surface area contributed by atoms with Crippen LogP contribution in [0.4, 0.5) is 18.9 Å². The first-order chi connectivity index (χ1) is 8.06. The zero-order chi connectivity index (χ0) is 12.4. The van der Waals surface area contributed by atoms with Gasteiger partial charge in [0.05, 0.1) is 12.2 Å². The van der Waals surface area contributed by atoms with Crippen molar-refractivity contribution in [2.24, 2.45) is 0 Å². The van der Waals surface area contributed by atoms with Gasteiger partial charge in [-0.05, 0) is 12.8 Å². The molecule has 17 heavy (non-hydrogen) atoms. The number of amides is 1. The van der Waals surface area contributed by atoms with Crippen LogP contribution in [0.1, 0.15) is 12.8 Å². The van der Waals surface area contributed by atoms with Crippen LogP contribution in [0.5, 0.6) is 0 Å². The summed E-state index contributed by atoms with van der Waals surface area (Å²) in [7, 11) is 0. The first kappa shape index (κ1) is 11.8. The number of nitrogens with one attached hydrogen (secondary N) is 2. The SMILES string of the molecule is O=C(CNc1cc(F)cc(F)c1F)NC1CC1. The van der Waals surface area contributed by atoms with Gasteiger partial charge in [-0.3, -0.25) is 4.79 Å². The lowest BCUT2D eigenvalue weighted by atomic mass is 10.3. The molecule has 1 aromatic rings. The molecule has 1 aliphatic carbocycles. The maximum atomic E-state index is 13.2. The number of carbonyl (C=O) groups excluding carboxylic acids is 1. The fourth-order valence-electron chi connectivity index (χ4n) is 1.37. The van der Waals surface area contributed by atoms with Gasteiger partial charge in [0.25, 0.3) is 0 Å². The summed E-state index contributed by atoms with van der Waals surface area (Å²) in [6.07, 6.45) is 1.88. The fourth-order valence-corrected chi connectivity index (χ4v) is 1.37. The van der Waals surface area contributed by atoms with E-state index in [9.17, 15) is 18.0 Å². The molecule has 6 heteroatoms. The third-order valence-electron chi connectivity index (χ3n) is 2.37. The lowest BCUT2D eigenvalue weighted by Gasteiger charge is -2.08. The predicted octanol–water partition coefficient (Wildman–Crippen LogP) is 1.79. The molecule has 1 fully saturated rings. The van der Waals surface area contributed by atoms with Crippen molar-refractivity contribution in [3.63, 3.8) is 0 Å². The number of rotatable bonds is 4. The number of benzene rings is 1. The molecule has 0 atom stereocenters. The van der Waals surface area contributed by atoms with Crippen molar-refractivity contribution in [3.05, 3.63) is 29.6 Å². The first-order valence-corrected chi connectivity index (χ1v) is 5.24. The Hall–Kier alpha value is -1.72. The van der Waals surface area contributed by atoms with E-state index < -0.39 is 17.5 Å². The van der Waals surface area contributed by atoms with Crippen molar-refractivity contribution in [2.75, 3.05) is 11.9 Å². The summed E-state index contributed by atoms with van der Waals surface area (Å²) in [5.41, 5.74) is -0.353. The minimum Gasteiger partial charge on any atom is -0.374 e. The average Bonchev–Trinajstić information content (AvgIpc) is 3.05. The summed E-state index contributed by atoms with van der Waals surface area (Å²) >= 11 is 0. The molecule has 2 rings (SSSR count). The van der Waals surface area contributed by atoms with Gasteiger partial charge in [-0.2, -0.15) is 0 Å². The van der Waals surface area contributed by atoms with Crippen molar-refractivity contribution in [1.29, 1.82) is 0 Å². The van der Waals surface area contributed by atoms with E-state index in [1.807, 2.05) is 0 Å². The topological polar surface area (TPSA) is 41.1 Å². The molecule has 92 valence electrons. The third kappa shape index (κ3) is 3.12. The highest BCUT2D eigenvalue weighted by Gasteiger charge is 2.23. The van der Waals surface area contributed by atoms with Crippen molar-refractivity contribution >= 4 is 11.6 Å². The van der Waals surface area contributed by atoms with Gasteiger partial charge >= 0.3 is 0 Å². The first-order valence-electron chi connectivity index (χ1n) is 5.24. The maximum Gasteiger partial charge on any atom is 0.239 e. The van der Waals surface area contributed by atoms with Gasteiger partial charge in [-0.15, -0.1) is 0 Å². The number of halogens is 3. The van der Waals surface area contributed by atoms with Crippen molar-refractivity contribution in [2.45, 2.75) is 18.9 Å². The van der Waals surface area contributed by atoms with Crippen LogP contribution in [0.15, 0.2) is 12.1 Å². The summed E-state index contributed by atoms with van der Waals surface area (Å²) in [5.74, 6) is -3.69. The van der Waals surface area contributed by atoms with Gasteiger partial charge in [0, 0.05) is 18.2 Å². The van der Waals surface area contributed by atoms with E-state index in [4.69, 9.17) is 0 Å². The lowest BCUT2D eigenvalue weighted by Crippen LogP contribution is -2.31. The molecule has 3 nitrogen and oxygen atoms in total. The van der Waals surface area contributed by atoms with Gasteiger partial charge in [-0.25, -0.2) is 13.2 Å². The molecule has 2 N–H and O–H groups in total. The summed E-state index contributed by atoms with van der Waals surface area (Å²) in [5, 5.41) is 5.02. The highest BCUT2D eigenvalue weighted by atomic mass is 19.2. The van der Waals surface area contributed by atoms with Crippen LogP contribution in [0.3, 0.4) is 0 Å². The summed E-state index contributed by atoms with van der Waals surface area (Å²) in [4.78, 5) is 11.3. The molecule has 0 radical (unpaired) electrons. The molecule has 1 aliphatic rings. The molecule has 1 amide bonds. The molecular formula is C11H11F3N2O. The highest BCUT2D eigenvalue weighted by Crippen LogP contribution is 2.20. The number of anilines is 1. The Morgan fingerprint density at radius 2 is 2.00 bits per heavy atom. The molecule has 1 aromatic carbocycles. The van der Waals surface area contributed by atoms with Crippen LogP contribution >= 0.6 is 0 Å². The molecule has 0 spiro atoms. The zero-order valence-corrected chi connectivity index (χ0v) is 8.90. The molecule has 1 saturated carbocycles. The van der Waals surface area contributed by atoms with Crippen LogP contribution in [0, 0.1) is 17.5 Å². The Bertz CT molecular complexity index is 447. The molecule has 0 heterocycles. The second-order valence-electron chi connectivity index (χ2n) is 3.94. The van der Waals surface area contributed by atoms with Crippen LogP contribution in [-0.2, 0) is 4.79 Å². The number of hydrogen-bond acceptors (Lipinski definition) is 2. The Balaban J connectivity index is 1.95. The monoisotopic (exact) mass is 244 g/mol. The minimum absolute atomic E-state index is 0.193. The molecule has 0 aliphatic heterocycles. The summed E-state index contributed by atoms with van der Waals surface area (Å²) < 4.78 is 38.8. The summed E-state index contributed by atoms with van der Waals surface area (Å²) in [6, 6.07) is 1.45. The van der Waals surface area contributed by atoms with Crippen LogP contribution in [0.25, 0.3) is 0 Å². The van der Waals surface area contributed by atoms with E-state index in [0.717, 1.165) is 18.9 Å². The molecule has 0 saturated heterocycles.